The molecular formula is C10H14N6O3S. The Labute approximate surface area is 115 Å². The lowest BCUT2D eigenvalue weighted by molar-refractivity contribution is 0.399. The molecule has 0 unspecified atom stereocenters. The Balaban J connectivity index is 1.61. The summed E-state index contributed by atoms with van der Waals surface area (Å²) in [5.41, 5.74) is 0. The van der Waals surface area contributed by atoms with Gasteiger partial charge in [-0.2, -0.15) is 5.21 Å². The molecule has 108 valence electrons. The van der Waals surface area contributed by atoms with Crippen LogP contribution in [-0.4, -0.2) is 35.1 Å². The van der Waals surface area contributed by atoms with E-state index in [1.165, 1.54) is 6.07 Å². The van der Waals surface area contributed by atoms with Gasteiger partial charge in [0.25, 0.3) is 10.0 Å². The summed E-state index contributed by atoms with van der Waals surface area (Å²) in [6.07, 6.45) is 2.33. The summed E-state index contributed by atoms with van der Waals surface area (Å²) in [4.78, 5) is 0. The molecule has 3 N–H and O–H groups in total. The van der Waals surface area contributed by atoms with Gasteiger partial charge in [0.05, 0.1) is 13.1 Å². The predicted molar refractivity (Wildman–Crippen MR) is 66.8 cm³/mol. The van der Waals surface area contributed by atoms with E-state index in [0.29, 0.717) is 18.3 Å². The van der Waals surface area contributed by atoms with E-state index in [2.05, 4.69) is 30.7 Å². The van der Waals surface area contributed by atoms with Gasteiger partial charge in [-0.05, 0) is 25.0 Å². The molecule has 0 radical (unpaired) electrons. The Kier molecular flexibility index (Phi) is 3.51. The van der Waals surface area contributed by atoms with E-state index in [4.69, 9.17) is 4.42 Å². The second-order valence-electron chi connectivity index (χ2n) is 4.53. The van der Waals surface area contributed by atoms with E-state index in [1.807, 2.05) is 0 Å². The number of furan rings is 1. The second-order valence-corrected chi connectivity index (χ2v) is 6.23. The van der Waals surface area contributed by atoms with Gasteiger partial charge in [0, 0.05) is 6.04 Å². The van der Waals surface area contributed by atoms with Gasteiger partial charge < -0.3 is 9.73 Å². The van der Waals surface area contributed by atoms with Gasteiger partial charge in [-0.3, -0.25) is 0 Å². The van der Waals surface area contributed by atoms with Gasteiger partial charge in [0.2, 0.25) is 5.09 Å². The highest BCUT2D eigenvalue weighted by atomic mass is 32.2. The van der Waals surface area contributed by atoms with Crippen molar-refractivity contribution < 1.29 is 12.8 Å². The minimum atomic E-state index is -3.70. The Bertz CT molecular complexity index is 661. The van der Waals surface area contributed by atoms with Gasteiger partial charge in [-0.15, -0.1) is 10.2 Å². The van der Waals surface area contributed by atoms with Crippen LogP contribution in [0, 0.1) is 0 Å². The van der Waals surface area contributed by atoms with Gasteiger partial charge in [-0.25, -0.2) is 13.1 Å². The number of H-pyrrole nitrogens is 1. The third kappa shape index (κ3) is 3.21. The normalized spacial score (nSPS) is 15.6. The lowest BCUT2D eigenvalue weighted by Crippen LogP contribution is -2.23. The first-order chi connectivity index (χ1) is 9.63. The SMILES string of the molecule is O=S(=O)(NCc1nn[nH]n1)c1ccc(CNC2CC2)o1. The topological polar surface area (TPSA) is 126 Å². The average Bonchev–Trinajstić information content (AvgIpc) is 2.94. The minimum absolute atomic E-state index is 0.0464. The second kappa shape index (κ2) is 5.31. The van der Waals surface area contributed by atoms with Crippen LogP contribution in [0.15, 0.2) is 21.6 Å². The van der Waals surface area contributed by atoms with Crippen molar-refractivity contribution >= 4 is 10.0 Å². The summed E-state index contributed by atoms with van der Waals surface area (Å²) in [5, 5.41) is 16.0. The molecule has 1 aliphatic rings. The molecule has 1 aliphatic carbocycles. The number of hydrogen-bond donors (Lipinski definition) is 3. The van der Waals surface area contributed by atoms with Crippen LogP contribution in [-0.2, 0) is 23.1 Å². The molecule has 2 heterocycles. The number of rotatable bonds is 7. The maximum Gasteiger partial charge on any atom is 0.274 e. The molecule has 9 nitrogen and oxygen atoms in total. The monoisotopic (exact) mass is 298 g/mol. The van der Waals surface area contributed by atoms with Crippen LogP contribution in [0.4, 0.5) is 0 Å². The Morgan fingerprint density at radius 2 is 2.20 bits per heavy atom. The number of aromatic nitrogens is 4. The molecule has 2 aromatic rings. The van der Waals surface area contributed by atoms with Crippen LogP contribution in [0.25, 0.3) is 0 Å². The maximum absolute atomic E-state index is 12.0. The Morgan fingerprint density at radius 1 is 1.35 bits per heavy atom. The van der Waals surface area contributed by atoms with Crippen molar-refractivity contribution in [3.05, 3.63) is 23.7 Å². The van der Waals surface area contributed by atoms with Crippen LogP contribution in [0.2, 0.25) is 0 Å². The first-order valence-corrected chi connectivity index (χ1v) is 7.66. The molecule has 10 heteroatoms. The smallest absolute Gasteiger partial charge is 0.274 e. The molecule has 3 rings (SSSR count). The summed E-state index contributed by atoms with van der Waals surface area (Å²) in [6.45, 7) is 0.486. The summed E-state index contributed by atoms with van der Waals surface area (Å²) in [5.74, 6) is 0.854. The van der Waals surface area contributed by atoms with Crippen molar-refractivity contribution in [1.82, 2.24) is 30.7 Å². The Hall–Kier alpha value is -1.78. The van der Waals surface area contributed by atoms with Crippen molar-refractivity contribution in [1.29, 1.82) is 0 Å². The molecule has 0 atom stereocenters. The predicted octanol–water partition coefficient (Wildman–Crippen LogP) is -0.477. The molecule has 20 heavy (non-hydrogen) atoms. The highest BCUT2D eigenvalue weighted by Gasteiger charge is 2.22. The van der Waals surface area contributed by atoms with Gasteiger partial charge >= 0.3 is 0 Å². The van der Waals surface area contributed by atoms with Crippen molar-refractivity contribution in [3.8, 4) is 0 Å². The quantitative estimate of drug-likeness (QED) is 0.630. The molecule has 0 aliphatic heterocycles. The third-order valence-corrected chi connectivity index (χ3v) is 4.13. The number of hydrogen-bond acceptors (Lipinski definition) is 7. The first-order valence-electron chi connectivity index (χ1n) is 6.17. The van der Waals surface area contributed by atoms with Crippen LogP contribution in [0.3, 0.4) is 0 Å². The lowest BCUT2D eigenvalue weighted by atomic mass is 10.4. The average molecular weight is 298 g/mol. The van der Waals surface area contributed by atoms with Crippen molar-refractivity contribution in [2.24, 2.45) is 0 Å². The fourth-order valence-corrected chi connectivity index (χ4v) is 2.54. The molecule has 2 aromatic heterocycles. The zero-order valence-corrected chi connectivity index (χ0v) is 11.4. The molecule has 1 saturated carbocycles. The van der Waals surface area contributed by atoms with Crippen molar-refractivity contribution in [2.45, 2.75) is 37.1 Å². The summed E-state index contributed by atoms with van der Waals surface area (Å²) in [6, 6.07) is 3.62. The number of tetrazole rings is 1. The summed E-state index contributed by atoms with van der Waals surface area (Å²) < 4.78 is 31.6. The van der Waals surface area contributed by atoms with Crippen LogP contribution in [0.5, 0.6) is 0 Å². The molecule has 0 aromatic carbocycles. The summed E-state index contributed by atoms with van der Waals surface area (Å²) >= 11 is 0. The molecule has 0 amide bonds. The molecule has 0 spiro atoms. The fraction of sp³-hybridized carbons (Fsp3) is 0.500. The van der Waals surface area contributed by atoms with E-state index >= 15 is 0 Å². The van der Waals surface area contributed by atoms with E-state index in [9.17, 15) is 8.42 Å². The number of aromatic amines is 1. The minimum Gasteiger partial charge on any atom is -0.447 e. The van der Waals surface area contributed by atoms with Crippen LogP contribution < -0.4 is 10.0 Å². The Morgan fingerprint density at radius 3 is 2.90 bits per heavy atom. The fourth-order valence-electron chi connectivity index (χ4n) is 1.62. The zero-order chi connectivity index (χ0) is 14.0. The molecular weight excluding hydrogens is 284 g/mol. The van der Waals surface area contributed by atoms with E-state index in [-0.39, 0.29) is 17.5 Å². The molecule has 1 fully saturated rings. The van der Waals surface area contributed by atoms with Gasteiger partial charge in [-0.1, -0.05) is 5.21 Å². The molecule has 0 saturated heterocycles. The highest BCUT2D eigenvalue weighted by Crippen LogP contribution is 2.20. The standard InChI is InChI=1S/C10H14N6O3S/c17-20(18,12-6-9-13-15-16-14-9)10-4-3-8(19-10)5-11-7-1-2-7/h3-4,7,11-12H,1-2,5-6H2,(H,13,14,15,16). The third-order valence-electron chi connectivity index (χ3n) is 2.85. The number of nitrogens with one attached hydrogen (secondary N) is 3. The molecule has 0 bridgehead atoms. The highest BCUT2D eigenvalue weighted by molar-refractivity contribution is 7.89. The van der Waals surface area contributed by atoms with Crippen molar-refractivity contribution in [2.75, 3.05) is 0 Å². The number of sulfonamides is 1. The lowest BCUT2D eigenvalue weighted by Gasteiger charge is -2.01. The zero-order valence-electron chi connectivity index (χ0n) is 10.5. The van der Waals surface area contributed by atoms with Crippen LogP contribution >= 0.6 is 0 Å². The van der Waals surface area contributed by atoms with E-state index in [0.717, 1.165) is 12.8 Å². The summed E-state index contributed by atoms with van der Waals surface area (Å²) in [7, 11) is -3.70. The van der Waals surface area contributed by atoms with Crippen molar-refractivity contribution in [3.63, 3.8) is 0 Å². The van der Waals surface area contributed by atoms with Crippen LogP contribution in [0.1, 0.15) is 24.4 Å². The van der Waals surface area contributed by atoms with E-state index < -0.39 is 10.0 Å². The van der Waals surface area contributed by atoms with Gasteiger partial charge in [0.15, 0.2) is 5.82 Å². The van der Waals surface area contributed by atoms with Gasteiger partial charge in [0.1, 0.15) is 5.76 Å². The maximum atomic E-state index is 12.0. The first kappa shape index (κ1) is 13.2. The van der Waals surface area contributed by atoms with E-state index in [1.54, 1.807) is 6.07 Å². The number of nitrogens with zero attached hydrogens (tertiary/aromatic N) is 3. The largest absolute Gasteiger partial charge is 0.447 e.